The van der Waals surface area contributed by atoms with E-state index >= 15 is 0 Å². The Balaban J connectivity index is 1.22. The van der Waals surface area contributed by atoms with Crippen LogP contribution in [0.25, 0.3) is 11.1 Å². The topological polar surface area (TPSA) is 94.6 Å². The van der Waals surface area contributed by atoms with Crippen LogP contribution < -0.4 is 0 Å². The van der Waals surface area contributed by atoms with Gasteiger partial charge in [-0.15, -0.1) is 0 Å². The van der Waals surface area contributed by atoms with Crippen LogP contribution in [0.1, 0.15) is 47.8 Å². The number of Topliss-reactive ketones (excluding diaryl/α,β-unsaturated/α-hetero) is 1. The van der Waals surface area contributed by atoms with Crippen molar-refractivity contribution in [1.29, 1.82) is 0 Å². The molecule has 0 saturated heterocycles. The van der Waals surface area contributed by atoms with Crippen LogP contribution in [-0.4, -0.2) is 32.6 Å². The number of carbonyl (C=O) groups is 3. The van der Waals surface area contributed by atoms with Crippen LogP contribution in [0, 0.1) is 0 Å². The van der Waals surface area contributed by atoms with E-state index in [2.05, 4.69) is 6.07 Å². The zero-order valence-electron chi connectivity index (χ0n) is 18.9. The van der Waals surface area contributed by atoms with Gasteiger partial charge in [-0.05, 0) is 65.1 Å². The van der Waals surface area contributed by atoms with Gasteiger partial charge in [0, 0.05) is 16.7 Å². The Morgan fingerprint density at radius 3 is 2.19 bits per heavy atom. The Bertz CT molecular complexity index is 1730. The third-order valence-corrected chi connectivity index (χ3v) is 8.48. The van der Waals surface area contributed by atoms with Crippen molar-refractivity contribution in [3.8, 4) is 11.1 Å². The van der Waals surface area contributed by atoms with Gasteiger partial charge in [-0.2, -0.15) is 0 Å². The predicted molar refractivity (Wildman–Crippen MR) is 131 cm³/mol. The van der Waals surface area contributed by atoms with Crippen LogP contribution in [0.4, 0.5) is 0 Å². The maximum absolute atomic E-state index is 13.1. The van der Waals surface area contributed by atoms with Gasteiger partial charge in [-0.3, -0.25) is 9.59 Å². The van der Waals surface area contributed by atoms with Crippen molar-refractivity contribution >= 4 is 27.4 Å². The van der Waals surface area contributed by atoms with Crippen molar-refractivity contribution in [3.05, 3.63) is 118 Å². The van der Waals surface area contributed by atoms with Gasteiger partial charge < -0.3 is 4.74 Å². The molecule has 7 heteroatoms. The van der Waals surface area contributed by atoms with Crippen LogP contribution in [0.3, 0.4) is 0 Å². The summed E-state index contributed by atoms with van der Waals surface area (Å²) in [5.41, 5.74) is 4.89. The minimum atomic E-state index is -3.99. The first-order valence-electron chi connectivity index (χ1n) is 11.3. The fraction of sp³-hybridized carbons (Fsp3) is 0.0690. The summed E-state index contributed by atoms with van der Waals surface area (Å²) in [6.07, 6.45) is 0.809. The smallest absolute Gasteiger partial charge is 0.338 e. The summed E-state index contributed by atoms with van der Waals surface area (Å²) in [5, 5.41) is 0. The zero-order chi connectivity index (χ0) is 25.0. The first-order valence-corrected chi connectivity index (χ1v) is 12.8. The fourth-order valence-electron chi connectivity index (χ4n) is 4.81. The highest BCUT2D eigenvalue weighted by atomic mass is 32.2. The lowest BCUT2D eigenvalue weighted by molar-refractivity contribution is 0.0474. The molecule has 6 nitrogen and oxygen atoms in total. The van der Waals surface area contributed by atoms with E-state index in [-0.39, 0.29) is 32.3 Å². The highest BCUT2D eigenvalue weighted by molar-refractivity contribution is 7.91. The number of rotatable bonds is 4. The van der Waals surface area contributed by atoms with Crippen LogP contribution in [-0.2, 0) is 21.0 Å². The van der Waals surface area contributed by atoms with Gasteiger partial charge in [0.15, 0.2) is 18.2 Å². The van der Waals surface area contributed by atoms with Crippen LogP contribution in [0.5, 0.6) is 0 Å². The molecule has 0 fully saturated rings. The maximum Gasteiger partial charge on any atom is 0.338 e. The van der Waals surface area contributed by atoms with Gasteiger partial charge in [-0.1, -0.05) is 48.5 Å². The summed E-state index contributed by atoms with van der Waals surface area (Å²) < 4.78 is 31.4. The molecule has 1 aliphatic carbocycles. The molecule has 0 bridgehead atoms. The molecule has 0 amide bonds. The van der Waals surface area contributed by atoms with E-state index in [0.717, 1.165) is 29.2 Å². The van der Waals surface area contributed by atoms with E-state index in [0.29, 0.717) is 5.56 Å². The second-order valence-electron chi connectivity index (χ2n) is 8.74. The summed E-state index contributed by atoms with van der Waals surface area (Å²) in [6, 6.07) is 23.2. The summed E-state index contributed by atoms with van der Waals surface area (Å²) in [6.45, 7) is -0.495. The van der Waals surface area contributed by atoms with Crippen molar-refractivity contribution in [2.45, 2.75) is 16.2 Å². The number of fused-ring (bicyclic) bond motifs is 5. The van der Waals surface area contributed by atoms with Crippen molar-refractivity contribution in [2.75, 3.05) is 6.61 Å². The van der Waals surface area contributed by atoms with Gasteiger partial charge in [-0.25, -0.2) is 13.2 Å². The van der Waals surface area contributed by atoms with Gasteiger partial charge in [0.05, 0.1) is 15.4 Å². The van der Waals surface area contributed by atoms with Crippen molar-refractivity contribution < 1.29 is 27.5 Å². The fourth-order valence-corrected chi connectivity index (χ4v) is 6.48. The first kappa shape index (κ1) is 22.1. The predicted octanol–water partition coefficient (Wildman–Crippen LogP) is 4.67. The highest BCUT2D eigenvalue weighted by Crippen LogP contribution is 2.37. The highest BCUT2D eigenvalue weighted by Gasteiger charge is 2.35. The molecule has 1 aliphatic heterocycles. The third-order valence-electron chi connectivity index (χ3n) is 6.63. The Hall–Kier alpha value is -4.36. The number of carbonyl (C=O) groups excluding carboxylic acids is 3. The van der Waals surface area contributed by atoms with Gasteiger partial charge in [0.1, 0.15) is 0 Å². The third kappa shape index (κ3) is 3.39. The summed E-state index contributed by atoms with van der Waals surface area (Å²) in [7, 11) is -3.99. The molecule has 0 radical (unpaired) electrons. The lowest BCUT2D eigenvalue weighted by atomic mass is 10.0. The van der Waals surface area contributed by atoms with Crippen LogP contribution in [0.15, 0.2) is 94.7 Å². The van der Waals surface area contributed by atoms with Crippen molar-refractivity contribution in [3.63, 3.8) is 0 Å². The first-order chi connectivity index (χ1) is 17.3. The van der Waals surface area contributed by atoms with E-state index in [1.165, 1.54) is 35.9 Å². The van der Waals surface area contributed by atoms with E-state index in [4.69, 9.17) is 4.74 Å². The molecule has 0 saturated carbocycles. The molecule has 0 N–H and O–H groups in total. The molecular formula is C29H18O6S. The van der Waals surface area contributed by atoms with Gasteiger partial charge >= 0.3 is 5.97 Å². The van der Waals surface area contributed by atoms with Crippen molar-refractivity contribution in [1.82, 2.24) is 0 Å². The number of ether oxygens (including phenoxy) is 1. The van der Waals surface area contributed by atoms with E-state index < -0.39 is 28.2 Å². The molecule has 4 aromatic rings. The molecule has 2 aliphatic rings. The molecule has 6 rings (SSSR count). The molecule has 36 heavy (non-hydrogen) atoms. The van der Waals surface area contributed by atoms with E-state index in [1.54, 1.807) is 12.1 Å². The lowest BCUT2D eigenvalue weighted by Crippen LogP contribution is -2.21. The normalized spacial score (nSPS) is 14.3. The molecule has 176 valence electrons. The molecule has 4 aromatic carbocycles. The van der Waals surface area contributed by atoms with Gasteiger partial charge in [0.2, 0.25) is 9.84 Å². The Kier molecular flexibility index (Phi) is 4.98. The van der Waals surface area contributed by atoms with Crippen molar-refractivity contribution in [2.24, 2.45) is 0 Å². The molecular weight excluding hydrogens is 476 g/mol. The minimum absolute atomic E-state index is 0.000233. The number of sulfone groups is 1. The molecule has 0 spiro atoms. The number of hydrogen-bond donors (Lipinski definition) is 0. The Morgan fingerprint density at radius 2 is 1.36 bits per heavy atom. The summed E-state index contributed by atoms with van der Waals surface area (Å²) in [5.74, 6) is -1.65. The average Bonchev–Trinajstić information content (AvgIpc) is 3.28. The Morgan fingerprint density at radius 1 is 0.694 bits per heavy atom. The second kappa shape index (κ2) is 8.10. The number of esters is 1. The molecule has 0 atom stereocenters. The van der Waals surface area contributed by atoms with Crippen LogP contribution in [0.2, 0.25) is 0 Å². The molecule has 0 aromatic heterocycles. The summed E-state index contributed by atoms with van der Waals surface area (Å²) >= 11 is 0. The average molecular weight is 495 g/mol. The quantitative estimate of drug-likeness (QED) is 0.261. The minimum Gasteiger partial charge on any atom is -0.454 e. The largest absolute Gasteiger partial charge is 0.454 e. The number of ketones is 2. The zero-order valence-corrected chi connectivity index (χ0v) is 19.7. The van der Waals surface area contributed by atoms with E-state index in [1.807, 2.05) is 30.3 Å². The lowest BCUT2D eigenvalue weighted by Gasteiger charge is -2.19. The Labute approximate surface area is 207 Å². The van der Waals surface area contributed by atoms with Gasteiger partial charge in [0.25, 0.3) is 0 Å². The number of hydrogen-bond acceptors (Lipinski definition) is 6. The second-order valence-corrected chi connectivity index (χ2v) is 10.6. The monoisotopic (exact) mass is 494 g/mol. The van der Waals surface area contributed by atoms with Crippen LogP contribution >= 0.6 is 0 Å². The molecule has 1 heterocycles. The molecule has 0 unspecified atom stereocenters. The number of benzene rings is 4. The SMILES string of the molecule is O=C(COC(=O)c1ccc2c(c1)S(=O)(=O)c1ccccc1C2=O)c1ccc2c(c1)-c1ccccc1C2. The standard InChI is InChI=1S/C29H18O6S/c30-25(19-10-9-18-13-17-5-1-2-6-21(17)24(18)14-19)16-35-29(32)20-11-12-23-27(15-20)36(33,34)26-8-4-3-7-22(26)28(23)31/h1-12,14-15H,13,16H2. The van der Waals surface area contributed by atoms with E-state index in [9.17, 15) is 22.8 Å². The maximum atomic E-state index is 13.1. The summed E-state index contributed by atoms with van der Waals surface area (Å²) in [4.78, 5) is 37.9.